The number of alkyl halides is 2. The van der Waals surface area contributed by atoms with Crippen LogP contribution in [0.2, 0.25) is 0 Å². The van der Waals surface area contributed by atoms with Crippen LogP contribution >= 0.6 is 0 Å². The van der Waals surface area contributed by atoms with Gasteiger partial charge in [-0.25, -0.2) is 23.4 Å². The minimum atomic E-state index is -2.68. The molecule has 0 spiro atoms. The molecule has 3 rings (SSSR count). The second-order valence-electron chi connectivity index (χ2n) is 4.86. The molecule has 2 aromatic heterocycles. The normalized spacial score (nSPS) is 11.3. The van der Waals surface area contributed by atoms with E-state index in [1.807, 2.05) is 30.3 Å². The maximum absolute atomic E-state index is 12.9. The summed E-state index contributed by atoms with van der Waals surface area (Å²) in [6, 6.07) is 9.40. The van der Waals surface area contributed by atoms with Crippen molar-refractivity contribution >= 4 is 0 Å². The monoisotopic (exact) mass is 304 g/mol. The molecule has 0 amide bonds. The van der Waals surface area contributed by atoms with Crippen LogP contribution < -0.4 is 0 Å². The first-order valence-electron chi connectivity index (χ1n) is 6.76. The average Bonchev–Trinajstić information content (AvgIpc) is 3.04. The van der Waals surface area contributed by atoms with Gasteiger partial charge in [0.15, 0.2) is 5.82 Å². The van der Waals surface area contributed by atoms with E-state index in [1.165, 1.54) is 4.68 Å². The van der Waals surface area contributed by atoms with Gasteiger partial charge in [-0.2, -0.15) is 5.10 Å². The molecule has 0 radical (unpaired) electrons. The van der Waals surface area contributed by atoms with Crippen molar-refractivity contribution in [1.82, 2.24) is 19.7 Å². The summed E-state index contributed by atoms with van der Waals surface area (Å²) in [6.45, 7) is 3.43. The van der Waals surface area contributed by atoms with Crippen molar-refractivity contribution in [3.05, 3.63) is 53.4 Å². The Kier molecular flexibility index (Phi) is 3.70. The fraction of sp³-hybridized carbons (Fsp3) is 0.267. The number of aromatic nitrogens is 4. The van der Waals surface area contributed by atoms with E-state index in [1.54, 1.807) is 13.8 Å². The van der Waals surface area contributed by atoms with Gasteiger partial charge in [0.2, 0.25) is 5.89 Å². The zero-order valence-corrected chi connectivity index (χ0v) is 12.1. The Balaban J connectivity index is 1.92. The minimum absolute atomic E-state index is 0.0999. The first-order valence-corrected chi connectivity index (χ1v) is 6.76. The Morgan fingerprint density at radius 2 is 1.86 bits per heavy atom. The standard InChI is InChI=1S/C15H14F2N4O/c1-9-12(8-21-14(13(16)17)18-10(2)20-21)19-15(22-9)11-6-4-3-5-7-11/h3-7,13H,8H2,1-2H3. The van der Waals surface area contributed by atoms with Crippen molar-refractivity contribution in [2.75, 3.05) is 0 Å². The van der Waals surface area contributed by atoms with Gasteiger partial charge in [-0.1, -0.05) is 18.2 Å². The molecule has 3 aromatic rings. The Labute approximate surface area is 125 Å². The number of aryl methyl sites for hydroxylation is 2. The van der Waals surface area contributed by atoms with Gasteiger partial charge in [0.05, 0.1) is 6.54 Å². The largest absolute Gasteiger partial charge is 0.441 e. The summed E-state index contributed by atoms with van der Waals surface area (Å²) in [4.78, 5) is 8.13. The maximum Gasteiger partial charge on any atom is 0.297 e. The van der Waals surface area contributed by atoms with E-state index in [0.717, 1.165) is 5.56 Å². The van der Waals surface area contributed by atoms with Gasteiger partial charge in [0, 0.05) is 5.56 Å². The van der Waals surface area contributed by atoms with Crippen LogP contribution in [0.1, 0.15) is 29.5 Å². The Hall–Kier alpha value is -2.57. The quantitative estimate of drug-likeness (QED) is 0.740. The van der Waals surface area contributed by atoms with Gasteiger partial charge < -0.3 is 4.42 Å². The zero-order chi connectivity index (χ0) is 15.7. The van der Waals surface area contributed by atoms with E-state index >= 15 is 0 Å². The molecule has 114 valence electrons. The molecule has 7 heteroatoms. The van der Waals surface area contributed by atoms with Gasteiger partial charge in [0.25, 0.3) is 6.43 Å². The molecule has 22 heavy (non-hydrogen) atoms. The topological polar surface area (TPSA) is 56.7 Å². The highest BCUT2D eigenvalue weighted by atomic mass is 19.3. The molecular formula is C15H14F2N4O. The average molecular weight is 304 g/mol. The van der Waals surface area contributed by atoms with Crippen molar-refractivity contribution in [1.29, 1.82) is 0 Å². The molecule has 0 bridgehead atoms. The summed E-state index contributed by atoms with van der Waals surface area (Å²) < 4.78 is 32.7. The predicted molar refractivity (Wildman–Crippen MR) is 75.5 cm³/mol. The third kappa shape index (κ3) is 2.74. The number of rotatable bonds is 4. The smallest absolute Gasteiger partial charge is 0.297 e. The first kappa shape index (κ1) is 14.4. The summed E-state index contributed by atoms with van der Waals surface area (Å²) in [7, 11) is 0. The molecule has 1 aromatic carbocycles. The molecule has 0 atom stereocenters. The van der Waals surface area contributed by atoms with Gasteiger partial charge in [0.1, 0.15) is 17.3 Å². The summed E-state index contributed by atoms with van der Waals surface area (Å²) in [6.07, 6.45) is -2.68. The lowest BCUT2D eigenvalue weighted by molar-refractivity contribution is 0.134. The van der Waals surface area contributed by atoms with Gasteiger partial charge >= 0.3 is 0 Å². The zero-order valence-electron chi connectivity index (χ0n) is 12.1. The molecule has 5 nitrogen and oxygen atoms in total. The summed E-state index contributed by atoms with van der Waals surface area (Å²) in [5.41, 5.74) is 1.39. The van der Waals surface area contributed by atoms with Crippen LogP contribution in [0.4, 0.5) is 8.78 Å². The van der Waals surface area contributed by atoms with E-state index in [0.29, 0.717) is 23.2 Å². The van der Waals surface area contributed by atoms with E-state index in [2.05, 4.69) is 15.1 Å². The predicted octanol–water partition coefficient (Wildman–Crippen LogP) is 3.54. The summed E-state index contributed by atoms with van der Waals surface area (Å²) in [5, 5.41) is 3.99. The van der Waals surface area contributed by atoms with Crippen LogP contribution in [-0.2, 0) is 6.54 Å². The number of benzene rings is 1. The van der Waals surface area contributed by atoms with Crippen molar-refractivity contribution in [2.45, 2.75) is 26.8 Å². The second kappa shape index (κ2) is 5.67. The highest BCUT2D eigenvalue weighted by molar-refractivity contribution is 5.53. The van der Waals surface area contributed by atoms with E-state index in [4.69, 9.17) is 4.42 Å². The maximum atomic E-state index is 12.9. The van der Waals surface area contributed by atoms with Crippen molar-refractivity contribution < 1.29 is 13.2 Å². The van der Waals surface area contributed by atoms with Crippen LogP contribution in [0.25, 0.3) is 11.5 Å². The molecule has 0 saturated carbocycles. The fourth-order valence-corrected chi connectivity index (χ4v) is 2.17. The molecular weight excluding hydrogens is 290 g/mol. The summed E-state index contributed by atoms with van der Waals surface area (Å²) in [5.74, 6) is 0.983. The number of hydrogen-bond acceptors (Lipinski definition) is 4. The minimum Gasteiger partial charge on any atom is -0.441 e. The lowest BCUT2D eigenvalue weighted by Gasteiger charge is -2.02. The molecule has 0 aliphatic heterocycles. The van der Waals surface area contributed by atoms with Crippen LogP contribution in [0.3, 0.4) is 0 Å². The Morgan fingerprint density at radius 3 is 2.55 bits per heavy atom. The third-order valence-electron chi connectivity index (χ3n) is 3.21. The molecule has 0 saturated heterocycles. The SMILES string of the molecule is Cc1nc(C(F)F)n(Cc2nc(-c3ccccc3)oc2C)n1. The van der Waals surface area contributed by atoms with Gasteiger partial charge in [-0.3, -0.25) is 0 Å². The van der Waals surface area contributed by atoms with Crippen molar-refractivity contribution in [3.63, 3.8) is 0 Å². The van der Waals surface area contributed by atoms with Crippen LogP contribution in [0, 0.1) is 13.8 Å². The second-order valence-corrected chi connectivity index (χ2v) is 4.86. The van der Waals surface area contributed by atoms with Gasteiger partial charge in [-0.15, -0.1) is 0 Å². The van der Waals surface area contributed by atoms with E-state index < -0.39 is 6.43 Å². The number of hydrogen-bond donors (Lipinski definition) is 0. The molecule has 0 unspecified atom stereocenters. The highest BCUT2D eigenvalue weighted by Gasteiger charge is 2.20. The Morgan fingerprint density at radius 1 is 1.14 bits per heavy atom. The first-order chi connectivity index (χ1) is 10.5. The molecule has 0 N–H and O–H groups in total. The van der Waals surface area contributed by atoms with Crippen molar-refractivity contribution in [2.24, 2.45) is 0 Å². The lowest BCUT2D eigenvalue weighted by atomic mass is 10.2. The van der Waals surface area contributed by atoms with E-state index in [9.17, 15) is 8.78 Å². The van der Waals surface area contributed by atoms with E-state index in [-0.39, 0.29) is 12.4 Å². The molecule has 2 heterocycles. The molecule has 0 aliphatic carbocycles. The number of halogens is 2. The molecule has 0 fully saturated rings. The fourth-order valence-electron chi connectivity index (χ4n) is 2.17. The third-order valence-corrected chi connectivity index (χ3v) is 3.21. The van der Waals surface area contributed by atoms with Gasteiger partial charge in [-0.05, 0) is 26.0 Å². The van der Waals surface area contributed by atoms with Crippen LogP contribution in [0.5, 0.6) is 0 Å². The Bertz CT molecular complexity index is 780. The molecule has 0 aliphatic rings. The summed E-state index contributed by atoms with van der Waals surface area (Å²) >= 11 is 0. The van der Waals surface area contributed by atoms with Crippen LogP contribution in [0.15, 0.2) is 34.7 Å². The van der Waals surface area contributed by atoms with Crippen molar-refractivity contribution in [3.8, 4) is 11.5 Å². The number of oxazole rings is 1. The van der Waals surface area contributed by atoms with Crippen LogP contribution in [-0.4, -0.2) is 19.7 Å². The highest BCUT2D eigenvalue weighted by Crippen LogP contribution is 2.23. The lowest BCUT2D eigenvalue weighted by Crippen LogP contribution is -2.08. The number of nitrogens with zero attached hydrogens (tertiary/aromatic N) is 4.